The summed E-state index contributed by atoms with van der Waals surface area (Å²) in [5.41, 5.74) is 4.63. The summed E-state index contributed by atoms with van der Waals surface area (Å²) in [6.45, 7) is 4.53. The van der Waals surface area contributed by atoms with Crippen LogP contribution in [0.2, 0.25) is 0 Å². The molecule has 40 heavy (non-hydrogen) atoms. The van der Waals surface area contributed by atoms with Crippen molar-refractivity contribution in [3.63, 3.8) is 0 Å². The number of hydrogen-bond acceptors (Lipinski definition) is 6. The predicted molar refractivity (Wildman–Crippen MR) is 165 cm³/mol. The Morgan fingerprint density at radius 1 is 1.23 bits per heavy atom. The van der Waals surface area contributed by atoms with Crippen LogP contribution >= 0.6 is 7.69 Å². The van der Waals surface area contributed by atoms with Gasteiger partial charge in [0.1, 0.15) is 18.4 Å². The zero-order valence-corrected chi connectivity index (χ0v) is 24.9. The Morgan fingerprint density at radius 2 is 2.02 bits per heavy atom. The zero-order chi connectivity index (χ0) is 28.6. The van der Waals surface area contributed by atoms with Crippen molar-refractivity contribution in [1.29, 1.82) is 0 Å². The fourth-order valence-electron chi connectivity index (χ4n) is 4.69. The molecular weight excluding hydrogens is 519 g/mol. The molecule has 1 N–H and O–H groups in total. The number of rotatable bonds is 14. The Hall–Kier alpha value is -3.41. The van der Waals surface area contributed by atoms with Gasteiger partial charge in [0.2, 0.25) is 0 Å². The van der Waals surface area contributed by atoms with E-state index in [1.165, 1.54) is 23.6 Å². The van der Waals surface area contributed by atoms with Crippen molar-refractivity contribution in [1.82, 2.24) is 14.2 Å². The molecule has 3 aromatic rings. The van der Waals surface area contributed by atoms with E-state index in [9.17, 15) is 9.59 Å². The van der Waals surface area contributed by atoms with Gasteiger partial charge in [-0.3, -0.25) is 4.79 Å². The number of benzene rings is 1. The highest BCUT2D eigenvalue weighted by atomic mass is 31.1. The van der Waals surface area contributed by atoms with Gasteiger partial charge in [-0.2, -0.15) is 0 Å². The number of hydrogen-bond donors (Lipinski definition) is 1. The van der Waals surface area contributed by atoms with E-state index in [4.69, 9.17) is 4.98 Å². The summed E-state index contributed by atoms with van der Waals surface area (Å²) in [4.78, 5) is 29.7. The van der Waals surface area contributed by atoms with Crippen LogP contribution < -0.4 is 5.32 Å². The van der Waals surface area contributed by atoms with Gasteiger partial charge in [-0.1, -0.05) is 50.2 Å². The Kier molecular flexibility index (Phi) is 13.5. The standard InChI is InChI=1S/C29H35N4O2P.C3H8O/c1-32(22-24-8-3-2-4-9-24)23-26(11-6-18-34)28(15-19-35)33-17-21-36(33)20-7-12-27-14-13-25-10-5-16-30-29(25)31-27;1-3-4-2/h2-4,6,8-9,11,13-14,17-19,21,23,28H,5,7,10,12,15-16,20,22H2,1H3,(H,30,31);3H2,1-2H3/b11-6-,26-23+;/t28-,36?;/m0./s1. The molecule has 214 valence electrons. The van der Waals surface area contributed by atoms with E-state index in [-0.39, 0.29) is 6.04 Å². The lowest BCUT2D eigenvalue weighted by Gasteiger charge is -2.28. The van der Waals surface area contributed by atoms with Crippen molar-refractivity contribution in [3.8, 4) is 0 Å². The molecule has 0 bridgehead atoms. The number of nitrogens with one attached hydrogen (secondary N) is 1. The second-order valence-corrected chi connectivity index (χ2v) is 11.9. The molecule has 0 fully saturated rings. The van der Waals surface area contributed by atoms with Crippen LogP contribution in [0, 0.1) is 0 Å². The first-order valence-corrected chi connectivity index (χ1v) is 15.6. The van der Waals surface area contributed by atoms with Gasteiger partial charge in [-0.05, 0) is 67.2 Å². The van der Waals surface area contributed by atoms with Gasteiger partial charge < -0.3 is 24.1 Å². The van der Waals surface area contributed by atoms with E-state index in [2.05, 4.69) is 61.7 Å². The molecule has 2 atom stereocenters. The van der Waals surface area contributed by atoms with Crippen molar-refractivity contribution in [2.45, 2.75) is 57.8 Å². The SMILES string of the molecule is CCOC.CN(/C=C(\C=C/C=O)[C@H](CC=O)n1ccp1CCCc1ccc2c(n1)NCCC2)Cc1ccccc1. The number of allylic oxidation sites excluding steroid dienone is 3. The first kappa shape index (κ1) is 31.1. The Labute approximate surface area is 240 Å². The summed E-state index contributed by atoms with van der Waals surface area (Å²) in [5.74, 6) is 3.32. The third-order valence-electron chi connectivity index (χ3n) is 6.78. The average molecular weight is 563 g/mol. The largest absolute Gasteiger partial charge is 0.385 e. The van der Waals surface area contributed by atoms with E-state index in [0.717, 1.165) is 74.8 Å². The van der Waals surface area contributed by atoms with Crippen LogP contribution in [0.3, 0.4) is 0 Å². The van der Waals surface area contributed by atoms with E-state index in [0.29, 0.717) is 6.42 Å². The molecule has 1 aliphatic heterocycles. The quantitative estimate of drug-likeness (QED) is 0.139. The minimum Gasteiger partial charge on any atom is -0.385 e. The number of ether oxygens (including phenoxy) is 1. The lowest BCUT2D eigenvalue weighted by molar-refractivity contribution is -0.108. The number of pyridine rings is 1. The monoisotopic (exact) mass is 562 g/mol. The highest BCUT2D eigenvalue weighted by molar-refractivity contribution is 7.45. The number of carbonyl (C=O) groups is 2. The maximum absolute atomic E-state index is 11.6. The number of fused-ring (bicyclic) bond motifs is 1. The smallest absolute Gasteiger partial charge is 0.142 e. The van der Waals surface area contributed by atoms with Gasteiger partial charge in [0.05, 0.1) is 6.04 Å². The number of aromatic nitrogens is 2. The van der Waals surface area contributed by atoms with Crippen LogP contribution in [0.4, 0.5) is 5.82 Å². The molecule has 8 heteroatoms. The fraction of sp³-hybridized carbons (Fsp3) is 0.406. The predicted octanol–water partition coefficient (Wildman–Crippen LogP) is 6.41. The first-order valence-electron chi connectivity index (χ1n) is 14.1. The van der Waals surface area contributed by atoms with Crippen molar-refractivity contribution >= 4 is 26.1 Å². The zero-order valence-electron chi connectivity index (χ0n) is 24.0. The minimum absolute atomic E-state index is 0.0842. The van der Waals surface area contributed by atoms with Crippen LogP contribution in [0.15, 0.2) is 78.4 Å². The third-order valence-corrected chi connectivity index (χ3v) is 9.04. The van der Waals surface area contributed by atoms with Gasteiger partial charge in [0, 0.05) is 64.5 Å². The van der Waals surface area contributed by atoms with Crippen LogP contribution in [0.25, 0.3) is 0 Å². The van der Waals surface area contributed by atoms with Gasteiger partial charge in [0.25, 0.3) is 0 Å². The van der Waals surface area contributed by atoms with E-state index in [1.807, 2.05) is 38.2 Å². The molecule has 1 aromatic carbocycles. The highest BCUT2D eigenvalue weighted by Crippen LogP contribution is 2.40. The number of methoxy groups -OCH3 is 1. The van der Waals surface area contributed by atoms with Crippen molar-refractivity contribution < 1.29 is 14.3 Å². The Morgan fingerprint density at radius 3 is 2.70 bits per heavy atom. The molecular formula is C32H43N4O3P. The fourth-order valence-corrected chi connectivity index (χ4v) is 6.61. The number of anilines is 1. The molecule has 2 aromatic heterocycles. The lowest BCUT2D eigenvalue weighted by Crippen LogP contribution is -2.17. The molecule has 1 unspecified atom stereocenters. The molecule has 1 aliphatic rings. The number of nitrogens with zero attached hydrogens (tertiary/aromatic N) is 3. The summed E-state index contributed by atoms with van der Waals surface area (Å²) in [6, 6.07) is 14.6. The summed E-state index contributed by atoms with van der Waals surface area (Å²) in [5, 5.41) is 3.42. The van der Waals surface area contributed by atoms with Gasteiger partial charge >= 0.3 is 0 Å². The Balaban J connectivity index is 0.00000103. The molecule has 0 radical (unpaired) electrons. The van der Waals surface area contributed by atoms with Crippen LogP contribution in [-0.4, -0.2) is 54.1 Å². The normalized spacial score (nSPS) is 14.1. The lowest BCUT2D eigenvalue weighted by atomic mass is 10.0. The molecule has 0 saturated carbocycles. The molecule has 0 spiro atoms. The Bertz CT molecular complexity index is 1230. The van der Waals surface area contributed by atoms with E-state index >= 15 is 0 Å². The van der Waals surface area contributed by atoms with Crippen LogP contribution in [0.1, 0.15) is 49.0 Å². The number of aldehydes is 2. The van der Waals surface area contributed by atoms with E-state index in [1.54, 1.807) is 7.11 Å². The van der Waals surface area contributed by atoms with Crippen molar-refractivity contribution in [2.75, 3.05) is 32.6 Å². The summed E-state index contributed by atoms with van der Waals surface area (Å²) >= 11 is 0. The molecule has 4 rings (SSSR count). The van der Waals surface area contributed by atoms with Crippen molar-refractivity contribution in [3.05, 3.63) is 95.2 Å². The molecule has 7 nitrogen and oxygen atoms in total. The topological polar surface area (TPSA) is 76.5 Å². The van der Waals surface area contributed by atoms with Gasteiger partial charge in [0.15, 0.2) is 0 Å². The summed E-state index contributed by atoms with van der Waals surface area (Å²) in [6.07, 6.45) is 15.0. The maximum Gasteiger partial charge on any atom is 0.142 e. The highest BCUT2D eigenvalue weighted by Gasteiger charge is 2.19. The average Bonchev–Trinajstić information content (AvgIpc) is 2.97. The van der Waals surface area contributed by atoms with Crippen LogP contribution in [0.5, 0.6) is 0 Å². The van der Waals surface area contributed by atoms with Gasteiger partial charge in [-0.15, -0.1) is 0 Å². The first-order chi connectivity index (χ1) is 19.6. The van der Waals surface area contributed by atoms with E-state index < -0.39 is 7.69 Å². The summed E-state index contributed by atoms with van der Waals surface area (Å²) < 4.78 is 6.86. The van der Waals surface area contributed by atoms with Crippen LogP contribution in [-0.2, 0) is 39.9 Å². The summed E-state index contributed by atoms with van der Waals surface area (Å²) in [7, 11) is 3.23. The molecule has 0 aliphatic carbocycles. The minimum atomic E-state index is -0.469. The second kappa shape index (κ2) is 17.3. The maximum atomic E-state index is 11.6. The molecule has 0 saturated heterocycles. The molecule has 3 heterocycles. The van der Waals surface area contributed by atoms with Gasteiger partial charge in [-0.25, -0.2) is 4.98 Å². The number of carbonyl (C=O) groups excluding carboxylic acids is 2. The third kappa shape index (κ3) is 9.65. The molecule has 0 amide bonds. The second-order valence-electron chi connectivity index (χ2n) is 9.81. The van der Waals surface area contributed by atoms with Crippen molar-refractivity contribution in [2.24, 2.45) is 0 Å². The number of aryl methyl sites for hydroxylation is 3.